The average molecular weight is 1360 g/mol. The highest BCUT2D eigenvalue weighted by atomic mass is 15.2. The molecule has 0 heterocycles. The van der Waals surface area contributed by atoms with Crippen molar-refractivity contribution >= 4 is 67.8 Å². The Morgan fingerprint density at radius 1 is 0.255 bits per heavy atom. The molecule has 2 heteroatoms. The van der Waals surface area contributed by atoms with E-state index >= 15 is 0 Å². The Kier molecular flexibility index (Phi) is 16.4. The first kappa shape index (κ1) is 65.2. The van der Waals surface area contributed by atoms with Crippen molar-refractivity contribution in [1.82, 2.24) is 0 Å². The van der Waals surface area contributed by atoms with Gasteiger partial charge in [-0.15, -0.1) is 0 Å². The predicted molar refractivity (Wildman–Crippen MR) is 450 cm³/mol. The molecule has 0 spiro atoms. The van der Waals surface area contributed by atoms with Gasteiger partial charge in [-0.25, -0.2) is 0 Å². The number of rotatable bonds is 17. The van der Waals surface area contributed by atoms with Crippen LogP contribution in [0.3, 0.4) is 0 Å². The van der Waals surface area contributed by atoms with Crippen molar-refractivity contribution in [3.05, 3.63) is 443 Å². The van der Waals surface area contributed by atoms with E-state index < -0.39 is 10.8 Å². The SMILES string of the molecule is C=Cc1ccc(CC2(c3ccc(C)cc3C)c3ccccc3-c3ccc(N(c4ccc(-c5ccccc5)cc4)c4ccc(-c5ccc(N(c6ccc(-c7ccccc7)cc6)c6ccc7c(c6)C(Cc6ccc(C=C)cc6)(c6ccc(C)cc6C)c6ccccc6-7)c6ccccc56)c5ccccc45)cc32)cc1. The van der Waals surface area contributed by atoms with Crippen LogP contribution in [0.15, 0.2) is 365 Å². The highest BCUT2D eigenvalue weighted by molar-refractivity contribution is 6.13. The van der Waals surface area contributed by atoms with Gasteiger partial charge in [0.2, 0.25) is 0 Å². The first-order chi connectivity index (χ1) is 52.1. The van der Waals surface area contributed by atoms with Crippen LogP contribution in [0.1, 0.15) is 77.9 Å². The molecule has 0 aromatic heterocycles. The molecular formula is C104H80N2. The molecule has 2 unspecified atom stereocenters. The lowest BCUT2D eigenvalue weighted by atomic mass is 9.67. The highest BCUT2D eigenvalue weighted by Crippen LogP contribution is 2.59. The number of anilines is 6. The molecule has 0 saturated heterocycles. The fraction of sp³-hybridized carbons (Fsp3) is 0.0769. The summed E-state index contributed by atoms with van der Waals surface area (Å²) in [4.78, 5) is 5.03. The van der Waals surface area contributed by atoms with E-state index in [1.165, 1.54) is 122 Å². The number of hydrogen-bond acceptors (Lipinski definition) is 2. The van der Waals surface area contributed by atoms with E-state index in [0.717, 1.165) is 80.0 Å². The first-order valence-corrected chi connectivity index (χ1v) is 37.1. The van der Waals surface area contributed by atoms with Gasteiger partial charge in [0.15, 0.2) is 0 Å². The molecule has 0 saturated carbocycles. The Labute approximate surface area is 623 Å². The van der Waals surface area contributed by atoms with Crippen molar-refractivity contribution in [3.8, 4) is 55.6 Å². The summed E-state index contributed by atoms with van der Waals surface area (Å²) in [5, 5.41) is 4.63. The van der Waals surface area contributed by atoms with Crippen LogP contribution in [0.5, 0.6) is 0 Å². The molecule has 0 radical (unpaired) electrons. The zero-order valence-electron chi connectivity index (χ0n) is 60.4. The quantitative estimate of drug-likeness (QED) is 0.0896. The van der Waals surface area contributed by atoms with Crippen LogP contribution in [0, 0.1) is 27.7 Å². The van der Waals surface area contributed by atoms with E-state index in [-0.39, 0.29) is 0 Å². The van der Waals surface area contributed by atoms with Gasteiger partial charge in [-0.2, -0.15) is 0 Å². The third-order valence-corrected chi connectivity index (χ3v) is 22.9. The Morgan fingerprint density at radius 2 is 0.585 bits per heavy atom. The summed E-state index contributed by atoms with van der Waals surface area (Å²) in [5.41, 5.74) is 35.3. The van der Waals surface area contributed by atoms with Gasteiger partial charge in [-0.05, 0) is 234 Å². The summed E-state index contributed by atoms with van der Waals surface area (Å²) >= 11 is 0. The van der Waals surface area contributed by atoms with Crippen molar-refractivity contribution in [3.63, 3.8) is 0 Å². The summed E-state index contributed by atoms with van der Waals surface area (Å²) in [6.07, 6.45) is 5.42. The molecule has 0 amide bonds. The van der Waals surface area contributed by atoms with E-state index in [2.05, 4.69) is 403 Å². The van der Waals surface area contributed by atoms with Crippen molar-refractivity contribution in [2.75, 3.05) is 9.80 Å². The largest absolute Gasteiger partial charge is 0.310 e. The third kappa shape index (κ3) is 11.0. The zero-order chi connectivity index (χ0) is 71.6. The summed E-state index contributed by atoms with van der Waals surface area (Å²) < 4.78 is 0. The Balaban J connectivity index is 0.819. The average Bonchev–Trinajstić information content (AvgIpc) is 1.53. The zero-order valence-corrected chi connectivity index (χ0v) is 60.4. The molecule has 0 bridgehead atoms. The second-order valence-corrected chi connectivity index (χ2v) is 29.1. The van der Waals surface area contributed by atoms with Crippen LogP contribution in [0.2, 0.25) is 0 Å². The maximum absolute atomic E-state index is 4.12. The number of benzene rings is 16. The van der Waals surface area contributed by atoms with Crippen molar-refractivity contribution in [2.24, 2.45) is 0 Å². The minimum atomic E-state index is -0.519. The van der Waals surface area contributed by atoms with Crippen LogP contribution in [-0.2, 0) is 23.7 Å². The Hall–Kier alpha value is -12.9. The predicted octanol–water partition coefficient (Wildman–Crippen LogP) is 27.6. The first-order valence-electron chi connectivity index (χ1n) is 37.1. The molecule has 2 nitrogen and oxygen atoms in total. The van der Waals surface area contributed by atoms with Gasteiger partial charge >= 0.3 is 0 Å². The van der Waals surface area contributed by atoms with Gasteiger partial charge in [-0.3, -0.25) is 0 Å². The summed E-state index contributed by atoms with van der Waals surface area (Å²) in [6.45, 7) is 17.3. The molecule has 2 atom stereocenters. The van der Waals surface area contributed by atoms with Crippen LogP contribution >= 0.6 is 0 Å². The Morgan fingerprint density at radius 3 is 0.972 bits per heavy atom. The minimum Gasteiger partial charge on any atom is -0.310 e. The molecule has 18 rings (SSSR count). The topological polar surface area (TPSA) is 6.48 Å². The Bertz CT molecular complexity index is 5710. The van der Waals surface area contributed by atoms with Crippen LogP contribution in [0.4, 0.5) is 34.1 Å². The number of hydrogen-bond donors (Lipinski definition) is 0. The van der Waals surface area contributed by atoms with Gasteiger partial charge in [0, 0.05) is 33.5 Å². The molecule has 2 aliphatic carbocycles. The molecular weight excluding hydrogens is 1280 g/mol. The lowest BCUT2D eigenvalue weighted by molar-refractivity contribution is 0.625. The van der Waals surface area contributed by atoms with Crippen molar-refractivity contribution < 1.29 is 0 Å². The van der Waals surface area contributed by atoms with Crippen molar-refractivity contribution in [1.29, 1.82) is 0 Å². The van der Waals surface area contributed by atoms with E-state index in [0.29, 0.717) is 0 Å². The second kappa shape index (κ2) is 26.7. The summed E-state index contributed by atoms with van der Waals surface area (Å²) in [7, 11) is 0. The van der Waals surface area contributed by atoms with Crippen LogP contribution < -0.4 is 9.80 Å². The van der Waals surface area contributed by atoms with E-state index in [1.54, 1.807) is 0 Å². The van der Waals surface area contributed by atoms with E-state index in [4.69, 9.17) is 0 Å². The fourth-order valence-electron chi connectivity index (χ4n) is 18.0. The van der Waals surface area contributed by atoms with E-state index in [1.807, 2.05) is 12.2 Å². The molecule has 106 heavy (non-hydrogen) atoms. The number of nitrogens with zero attached hydrogens (tertiary/aromatic N) is 2. The lowest BCUT2D eigenvalue weighted by Gasteiger charge is -2.36. The van der Waals surface area contributed by atoms with Gasteiger partial charge in [-0.1, -0.05) is 328 Å². The summed E-state index contributed by atoms with van der Waals surface area (Å²) in [5.74, 6) is 0. The standard InChI is InChI=1S/C104H80N2/c1-7-73-37-41-75(42-38-73)67-103(95-59-35-69(3)63-71(95)5)97-33-21-19-29-89(97)91-55-53-83(65-99(91)103)105(81-49-45-79(46-50-81)77-23-11-9-12-24-77)101-61-57-87(85-27-15-17-31-93(85)101)88-58-62-102(94-32-18-16-28-86(88)94)106(82-51-47-80(48-52-82)78-25-13-10-14-26-78)84-54-56-92-90-30-20-22-34-98(90)104(100(92)66-84,96-60-36-70(4)64-72(96)6)68-76-43-39-74(8-2)40-44-76/h7-66H,1-2,67-68H2,3-6H3. The summed E-state index contributed by atoms with van der Waals surface area (Å²) in [6, 6.07) is 133. The maximum atomic E-state index is 4.12. The molecule has 0 aliphatic heterocycles. The van der Waals surface area contributed by atoms with Gasteiger partial charge in [0.1, 0.15) is 0 Å². The molecule has 16 aromatic rings. The van der Waals surface area contributed by atoms with E-state index in [9.17, 15) is 0 Å². The van der Waals surface area contributed by atoms with Gasteiger partial charge < -0.3 is 9.80 Å². The number of fused-ring (bicyclic) bond motifs is 8. The maximum Gasteiger partial charge on any atom is 0.0540 e. The normalized spacial score (nSPS) is 14.6. The van der Waals surface area contributed by atoms with Gasteiger partial charge in [0.25, 0.3) is 0 Å². The third-order valence-electron chi connectivity index (χ3n) is 22.9. The van der Waals surface area contributed by atoms with Crippen LogP contribution in [0.25, 0.3) is 89.3 Å². The number of aryl methyl sites for hydroxylation is 4. The highest BCUT2D eigenvalue weighted by Gasteiger charge is 2.48. The van der Waals surface area contributed by atoms with Gasteiger partial charge in [0.05, 0.1) is 22.2 Å². The molecule has 506 valence electrons. The monoisotopic (exact) mass is 1360 g/mol. The molecule has 0 fully saturated rings. The minimum absolute atomic E-state index is 0.519. The molecule has 2 aliphatic rings. The molecule has 16 aromatic carbocycles. The lowest BCUT2D eigenvalue weighted by Crippen LogP contribution is -2.31. The van der Waals surface area contributed by atoms with Crippen LogP contribution in [-0.4, -0.2) is 0 Å². The fourth-order valence-corrected chi connectivity index (χ4v) is 18.0. The molecule has 0 N–H and O–H groups in total. The van der Waals surface area contributed by atoms with Crippen molar-refractivity contribution in [2.45, 2.75) is 51.4 Å². The smallest absolute Gasteiger partial charge is 0.0540 e. The second-order valence-electron chi connectivity index (χ2n) is 29.1.